The van der Waals surface area contributed by atoms with Gasteiger partial charge in [-0.25, -0.2) is 4.98 Å². The van der Waals surface area contributed by atoms with Crippen LogP contribution in [0.4, 0.5) is 5.82 Å². The number of nitrogens with one attached hydrogen (secondary N) is 2. The number of hydrogen-bond donors (Lipinski definition) is 2. The zero-order chi connectivity index (χ0) is 13.0. The molecule has 0 spiro atoms. The molecule has 0 aliphatic heterocycles. The number of carbonyl (C=O) groups excluding carboxylic acids is 1. The van der Waals surface area contributed by atoms with Gasteiger partial charge >= 0.3 is 0 Å². The van der Waals surface area contributed by atoms with Crippen LogP contribution in [-0.4, -0.2) is 23.0 Å². The van der Waals surface area contributed by atoms with Crippen LogP contribution in [0.2, 0.25) is 0 Å². The highest BCUT2D eigenvalue weighted by molar-refractivity contribution is 9.10. The number of nitrogens with zero attached hydrogens (tertiary/aromatic N) is 1. The van der Waals surface area contributed by atoms with E-state index in [2.05, 4.69) is 31.5 Å². The summed E-state index contributed by atoms with van der Waals surface area (Å²) in [5, 5.41) is 5.92. The summed E-state index contributed by atoms with van der Waals surface area (Å²) in [5.41, 5.74) is 1.07. The molecule has 1 heterocycles. The Bertz CT molecular complexity index is 407. The van der Waals surface area contributed by atoms with Gasteiger partial charge in [0.2, 0.25) is 5.91 Å². The predicted octanol–water partition coefficient (Wildman–Crippen LogP) is 2.48. The van der Waals surface area contributed by atoms with E-state index in [4.69, 9.17) is 0 Å². The second kappa shape index (κ2) is 6.00. The third kappa shape index (κ3) is 4.34. The maximum Gasteiger partial charge on any atom is 0.242 e. The highest BCUT2D eigenvalue weighted by Gasteiger charge is 2.14. The lowest BCUT2D eigenvalue weighted by atomic mass is 10.2. The molecule has 4 nitrogen and oxygen atoms in total. The van der Waals surface area contributed by atoms with Crippen molar-refractivity contribution in [1.29, 1.82) is 0 Å². The number of aryl methyl sites for hydroxylation is 1. The maximum atomic E-state index is 11.7. The first-order valence-corrected chi connectivity index (χ1v) is 6.38. The lowest BCUT2D eigenvalue weighted by molar-refractivity contribution is -0.122. The van der Waals surface area contributed by atoms with Crippen LogP contribution in [0.5, 0.6) is 0 Å². The smallest absolute Gasteiger partial charge is 0.242 e. The molecule has 0 aliphatic carbocycles. The lowest BCUT2D eigenvalue weighted by Gasteiger charge is -2.17. The summed E-state index contributed by atoms with van der Waals surface area (Å²) in [5.74, 6) is 0.649. The van der Waals surface area contributed by atoms with E-state index < -0.39 is 0 Å². The van der Waals surface area contributed by atoms with Crippen LogP contribution in [0.1, 0.15) is 26.3 Å². The molecule has 1 aromatic heterocycles. The molecule has 17 heavy (non-hydrogen) atoms. The van der Waals surface area contributed by atoms with Crippen LogP contribution in [0.3, 0.4) is 0 Å². The van der Waals surface area contributed by atoms with E-state index in [0.29, 0.717) is 5.82 Å². The summed E-state index contributed by atoms with van der Waals surface area (Å²) < 4.78 is 0.863. The van der Waals surface area contributed by atoms with Crippen molar-refractivity contribution in [3.63, 3.8) is 0 Å². The van der Waals surface area contributed by atoms with Crippen molar-refractivity contribution in [2.45, 2.75) is 39.8 Å². The molecular formula is C12H18BrN3O. The molecular weight excluding hydrogens is 282 g/mol. The molecule has 1 aromatic rings. The molecule has 5 heteroatoms. The summed E-state index contributed by atoms with van der Waals surface area (Å²) in [7, 11) is 0. The van der Waals surface area contributed by atoms with Crippen molar-refractivity contribution in [2.24, 2.45) is 0 Å². The number of hydrogen-bond acceptors (Lipinski definition) is 3. The molecule has 0 radical (unpaired) electrons. The molecule has 0 fully saturated rings. The van der Waals surface area contributed by atoms with Crippen molar-refractivity contribution in [3.8, 4) is 0 Å². The number of halogens is 1. The zero-order valence-corrected chi connectivity index (χ0v) is 12.1. The Morgan fingerprint density at radius 2 is 2.06 bits per heavy atom. The predicted molar refractivity (Wildman–Crippen MR) is 73.0 cm³/mol. The van der Waals surface area contributed by atoms with Crippen LogP contribution in [0.15, 0.2) is 16.7 Å². The summed E-state index contributed by atoms with van der Waals surface area (Å²) >= 11 is 3.42. The quantitative estimate of drug-likeness (QED) is 0.898. The van der Waals surface area contributed by atoms with Crippen molar-refractivity contribution >= 4 is 27.7 Å². The Morgan fingerprint density at radius 1 is 1.41 bits per heavy atom. The number of amides is 1. The highest BCUT2D eigenvalue weighted by Crippen LogP contribution is 2.21. The minimum Gasteiger partial charge on any atom is -0.358 e. The van der Waals surface area contributed by atoms with Gasteiger partial charge in [-0.1, -0.05) is 0 Å². The van der Waals surface area contributed by atoms with Gasteiger partial charge in [-0.3, -0.25) is 4.79 Å². The van der Waals surface area contributed by atoms with Gasteiger partial charge in [0, 0.05) is 12.2 Å². The first kappa shape index (κ1) is 14.0. The van der Waals surface area contributed by atoms with E-state index in [9.17, 15) is 4.79 Å². The van der Waals surface area contributed by atoms with Gasteiger partial charge in [0.15, 0.2) is 0 Å². The Morgan fingerprint density at radius 3 is 2.59 bits per heavy atom. The Kier molecular flexibility index (Phi) is 4.93. The molecule has 94 valence electrons. The van der Waals surface area contributed by atoms with Crippen LogP contribution in [-0.2, 0) is 4.79 Å². The normalized spacial score (nSPS) is 12.4. The lowest BCUT2D eigenvalue weighted by Crippen LogP contribution is -2.41. The average molecular weight is 300 g/mol. The molecule has 0 aromatic carbocycles. The van der Waals surface area contributed by atoms with Gasteiger partial charge in [0.05, 0.1) is 4.47 Å². The van der Waals surface area contributed by atoms with Gasteiger partial charge in [-0.15, -0.1) is 0 Å². The highest BCUT2D eigenvalue weighted by atomic mass is 79.9. The molecule has 1 atom stereocenters. The van der Waals surface area contributed by atoms with Crippen LogP contribution < -0.4 is 10.6 Å². The van der Waals surface area contributed by atoms with Crippen LogP contribution >= 0.6 is 15.9 Å². The second-order valence-corrected chi connectivity index (χ2v) is 5.23. The van der Waals surface area contributed by atoms with Gasteiger partial charge < -0.3 is 10.6 Å². The maximum absolute atomic E-state index is 11.7. The third-order valence-electron chi connectivity index (χ3n) is 2.16. The molecule has 0 aliphatic rings. The number of anilines is 1. The second-order valence-electron chi connectivity index (χ2n) is 4.37. The van der Waals surface area contributed by atoms with Crippen molar-refractivity contribution < 1.29 is 4.79 Å². The Labute approximate surface area is 110 Å². The summed E-state index contributed by atoms with van der Waals surface area (Å²) in [4.78, 5) is 16.0. The third-order valence-corrected chi connectivity index (χ3v) is 2.76. The first-order valence-electron chi connectivity index (χ1n) is 5.59. The zero-order valence-electron chi connectivity index (χ0n) is 10.5. The minimum atomic E-state index is -0.316. The van der Waals surface area contributed by atoms with E-state index in [1.54, 1.807) is 6.20 Å². The number of carbonyl (C=O) groups is 1. The number of rotatable bonds is 4. The molecule has 1 rings (SSSR count). The fourth-order valence-electron chi connectivity index (χ4n) is 1.32. The molecule has 2 N–H and O–H groups in total. The summed E-state index contributed by atoms with van der Waals surface area (Å²) in [6.45, 7) is 7.65. The van der Waals surface area contributed by atoms with E-state index in [0.717, 1.165) is 10.0 Å². The van der Waals surface area contributed by atoms with E-state index in [-0.39, 0.29) is 18.0 Å². The molecule has 0 saturated carbocycles. The van der Waals surface area contributed by atoms with Gasteiger partial charge in [0.1, 0.15) is 11.9 Å². The molecule has 0 bridgehead atoms. The average Bonchev–Trinajstić information content (AvgIpc) is 2.21. The SMILES string of the molecule is Cc1cnc(NC(C)C(=O)NC(C)C)c(Br)c1. The molecule has 0 saturated heterocycles. The first-order chi connectivity index (χ1) is 7.90. The van der Waals surface area contributed by atoms with E-state index >= 15 is 0 Å². The summed E-state index contributed by atoms with van der Waals surface area (Å²) in [6, 6.07) is 1.78. The van der Waals surface area contributed by atoms with Gasteiger partial charge in [-0.2, -0.15) is 0 Å². The van der Waals surface area contributed by atoms with Gasteiger partial charge in [0.25, 0.3) is 0 Å². The number of pyridine rings is 1. The standard InChI is InChI=1S/C12H18BrN3O/c1-7(2)15-12(17)9(4)16-11-10(13)5-8(3)6-14-11/h5-7,9H,1-4H3,(H,14,16)(H,15,17). The van der Waals surface area contributed by atoms with Crippen LogP contribution in [0, 0.1) is 6.92 Å². The number of aromatic nitrogens is 1. The van der Waals surface area contributed by atoms with Gasteiger partial charge in [-0.05, 0) is 55.3 Å². The molecule has 1 unspecified atom stereocenters. The van der Waals surface area contributed by atoms with Crippen molar-refractivity contribution in [2.75, 3.05) is 5.32 Å². The fourth-order valence-corrected chi connectivity index (χ4v) is 1.90. The van der Waals surface area contributed by atoms with Crippen molar-refractivity contribution in [1.82, 2.24) is 10.3 Å². The molecule has 1 amide bonds. The monoisotopic (exact) mass is 299 g/mol. The fraction of sp³-hybridized carbons (Fsp3) is 0.500. The Balaban J connectivity index is 2.67. The minimum absolute atomic E-state index is 0.0331. The van der Waals surface area contributed by atoms with E-state index in [1.807, 2.05) is 33.8 Å². The Hall–Kier alpha value is -1.10. The van der Waals surface area contributed by atoms with Crippen molar-refractivity contribution in [3.05, 3.63) is 22.3 Å². The van der Waals surface area contributed by atoms with E-state index in [1.165, 1.54) is 0 Å². The topological polar surface area (TPSA) is 54.0 Å². The van der Waals surface area contributed by atoms with Crippen LogP contribution in [0.25, 0.3) is 0 Å². The summed E-state index contributed by atoms with van der Waals surface area (Å²) in [6.07, 6.45) is 1.76. The largest absolute Gasteiger partial charge is 0.358 e.